The van der Waals surface area contributed by atoms with Crippen molar-refractivity contribution in [1.82, 2.24) is 19.1 Å². The van der Waals surface area contributed by atoms with Gasteiger partial charge in [-0.3, -0.25) is 19.1 Å². The maximum absolute atomic E-state index is 12.6. The predicted molar refractivity (Wildman–Crippen MR) is 123 cm³/mol. The summed E-state index contributed by atoms with van der Waals surface area (Å²) in [5.41, 5.74) is 0.997. The molecule has 32 heavy (non-hydrogen) atoms. The molecule has 0 saturated carbocycles. The highest BCUT2D eigenvalue weighted by molar-refractivity contribution is 7.99. The van der Waals surface area contributed by atoms with Crippen molar-refractivity contribution < 1.29 is 9.53 Å². The second kappa shape index (κ2) is 9.46. The molecule has 8 nitrogen and oxygen atoms in total. The summed E-state index contributed by atoms with van der Waals surface area (Å²) >= 11 is 7.44. The number of ether oxygens (including phenoxy) is 1. The van der Waals surface area contributed by atoms with Gasteiger partial charge in [-0.1, -0.05) is 71.9 Å². The lowest BCUT2D eigenvalue weighted by Gasteiger charge is -2.10. The number of aromatic nitrogens is 4. The summed E-state index contributed by atoms with van der Waals surface area (Å²) in [5, 5.41) is 0.942. The second-order valence-corrected chi connectivity index (χ2v) is 8.35. The Labute approximate surface area is 191 Å². The summed E-state index contributed by atoms with van der Waals surface area (Å²) in [7, 11) is 1.52. The van der Waals surface area contributed by atoms with E-state index in [-0.39, 0.29) is 30.1 Å². The number of H-pyrrole nitrogens is 1. The Morgan fingerprint density at radius 2 is 1.84 bits per heavy atom. The van der Waals surface area contributed by atoms with Crippen LogP contribution in [0.2, 0.25) is 5.02 Å². The number of aryl methyl sites for hydroxylation is 1. The highest BCUT2D eigenvalue weighted by Gasteiger charge is 2.19. The van der Waals surface area contributed by atoms with Crippen molar-refractivity contribution in [2.24, 2.45) is 7.05 Å². The SMILES string of the molecule is Cn1c(=O)[nH]c(=O)c2c1nc(SCC(=O)OCc1ccccc1)n2Cc1ccccc1Cl. The maximum atomic E-state index is 12.6. The highest BCUT2D eigenvalue weighted by Crippen LogP contribution is 2.25. The van der Waals surface area contributed by atoms with Crippen molar-refractivity contribution >= 4 is 40.5 Å². The van der Waals surface area contributed by atoms with E-state index in [4.69, 9.17) is 16.3 Å². The fourth-order valence-corrected chi connectivity index (χ4v) is 4.16. The van der Waals surface area contributed by atoms with Crippen LogP contribution in [0.3, 0.4) is 0 Å². The molecule has 0 bridgehead atoms. The fourth-order valence-electron chi connectivity index (χ4n) is 3.17. The molecule has 2 heterocycles. The van der Waals surface area contributed by atoms with Gasteiger partial charge in [0.25, 0.3) is 5.56 Å². The predicted octanol–water partition coefficient (Wildman–Crippen LogP) is 2.96. The molecular formula is C22H19ClN4O4S. The minimum atomic E-state index is -0.566. The number of hydrogen-bond acceptors (Lipinski definition) is 6. The molecule has 0 aliphatic heterocycles. The van der Waals surface area contributed by atoms with Crippen molar-refractivity contribution in [3.63, 3.8) is 0 Å². The molecular weight excluding hydrogens is 452 g/mol. The summed E-state index contributed by atoms with van der Waals surface area (Å²) in [6, 6.07) is 16.6. The molecule has 1 N–H and O–H groups in total. The van der Waals surface area contributed by atoms with Crippen LogP contribution in [0.4, 0.5) is 0 Å². The zero-order chi connectivity index (χ0) is 22.7. The minimum absolute atomic E-state index is 0.00940. The second-order valence-electron chi connectivity index (χ2n) is 7.00. The molecule has 10 heteroatoms. The van der Waals surface area contributed by atoms with E-state index >= 15 is 0 Å². The third kappa shape index (κ3) is 4.63. The van der Waals surface area contributed by atoms with Gasteiger partial charge in [-0.15, -0.1) is 0 Å². The Morgan fingerprint density at radius 3 is 2.59 bits per heavy atom. The Bertz CT molecular complexity index is 1390. The molecule has 0 spiro atoms. The van der Waals surface area contributed by atoms with Gasteiger partial charge in [-0.2, -0.15) is 0 Å². The van der Waals surface area contributed by atoms with Gasteiger partial charge in [-0.25, -0.2) is 9.78 Å². The van der Waals surface area contributed by atoms with Crippen LogP contribution in [-0.4, -0.2) is 30.8 Å². The first-order valence-electron chi connectivity index (χ1n) is 9.69. The number of hydrogen-bond donors (Lipinski definition) is 1. The number of aromatic amines is 1. The lowest BCUT2D eigenvalue weighted by Crippen LogP contribution is -2.29. The molecule has 0 aliphatic carbocycles. The summed E-state index contributed by atoms with van der Waals surface area (Å²) in [6.45, 7) is 0.420. The van der Waals surface area contributed by atoms with E-state index < -0.39 is 17.2 Å². The average molecular weight is 471 g/mol. The number of halogens is 1. The number of imidazole rings is 1. The molecule has 2 aromatic heterocycles. The Morgan fingerprint density at radius 1 is 1.12 bits per heavy atom. The first kappa shape index (κ1) is 21.9. The van der Waals surface area contributed by atoms with E-state index in [1.807, 2.05) is 48.5 Å². The van der Waals surface area contributed by atoms with Gasteiger partial charge in [0.2, 0.25) is 0 Å². The molecule has 0 radical (unpaired) electrons. The standard InChI is InChI=1S/C22H19ClN4O4S/c1-26-19-18(20(29)25-21(26)30)27(11-15-9-5-6-10-16(15)23)22(24-19)32-13-17(28)31-12-14-7-3-2-4-8-14/h2-10H,11-13H2,1H3,(H,25,29,30). The quantitative estimate of drug-likeness (QED) is 0.329. The van der Waals surface area contributed by atoms with Crippen molar-refractivity contribution in [3.8, 4) is 0 Å². The van der Waals surface area contributed by atoms with E-state index in [1.54, 1.807) is 10.6 Å². The van der Waals surface area contributed by atoms with E-state index in [9.17, 15) is 14.4 Å². The van der Waals surface area contributed by atoms with Crippen molar-refractivity contribution in [1.29, 1.82) is 0 Å². The molecule has 0 aliphatic rings. The normalized spacial score (nSPS) is 11.1. The van der Waals surface area contributed by atoms with Crippen LogP contribution >= 0.6 is 23.4 Å². The van der Waals surface area contributed by atoms with Crippen LogP contribution in [0.25, 0.3) is 11.2 Å². The number of carbonyl (C=O) groups is 1. The Kier molecular flexibility index (Phi) is 6.48. The van der Waals surface area contributed by atoms with Crippen LogP contribution in [0.15, 0.2) is 69.3 Å². The number of esters is 1. The molecule has 0 amide bonds. The first-order valence-corrected chi connectivity index (χ1v) is 11.1. The number of thioether (sulfide) groups is 1. The van der Waals surface area contributed by atoms with E-state index in [2.05, 4.69) is 9.97 Å². The number of benzene rings is 2. The van der Waals surface area contributed by atoms with E-state index in [0.717, 1.165) is 22.9 Å². The number of rotatable bonds is 7. The smallest absolute Gasteiger partial charge is 0.329 e. The van der Waals surface area contributed by atoms with Crippen molar-refractivity contribution in [3.05, 3.63) is 91.6 Å². The van der Waals surface area contributed by atoms with E-state index in [1.165, 1.54) is 11.6 Å². The van der Waals surface area contributed by atoms with Gasteiger partial charge in [0.15, 0.2) is 16.3 Å². The van der Waals surface area contributed by atoms with Gasteiger partial charge in [0.05, 0.1) is 12.3 Å². The van der Waals surface area contributed by atoms with Crippen molar-refractivity contribution in [2.75, 3.05) is 5.75 Å². The highest BCUT2D eigenvalue weighted by atomic mass is 35.5. The molecule has 164 valence electrons. The maximum Gasteiger partial charge on any atom is 0.329 e. The van der Waals surface area contributed by atoms with Gasteiger partial charge in [0.1, 0.15) is 6.61 Å². The zero-order valence-corrected chi connectivity index (χ0v) is 18.7. The molecule has 0 atom stereocenters. The largest absolute Gasteiger partial charge is 0.460 e. The number of fused-ring (bicyclic) bond motifs is 1. The third-order valence-electron chi connectivity index (χ3n) is 4.82. The Hall–Kier alpha value is -3.30. The lowest BCUT2D eigenvalue weighted by molar-refractivity contribution is -0.141. The molecule has 4 rings (SSSR count). The topological polar surface area (TPSA) is 99.0 Å². The van der Waals surface area contributed by atoms with Crippen LogP contribution < -0.4 is 11.2 Å². The zero-order valence-electron chi connectivity index (χ0n) is 17.1. The van der Waals surface area contributed by atoms with Crippen LogP contribution in [0.1, 0.15) is 11.1 Å². The summed E-state index contributed by atoms with van der Waals surface area (Å²) in [6.07, 6.45) is 0. The molecule has 0 unspecified atom stereocenters. The van der Waals surface area contributed by atoms with Gasteiger partial charge in [0, 0.05) is 12.1 Å². The molecule has 4 aromatic rings. The summed E-state index contributed by atoms with van der Waals surface area (Å²) in [4.78, 5) is 43.7. The van der Waals surface area contributed by atoms with Crippen LogP contribution in [0.5, 0.6) is 0 Å². The lowest BCUT2D eigenvalue weighted by atomic mass is 10.2. The van der Waals surface area contributed by atoms with Crippen molar-refractivity contribution in [2.45, 2.75) is 18.3 Å². The van der Waals surface area contributed by atoms with Crippen LogP contribution in [0, 0.1) is 0 Å². The third-order valence-corrected chi connectivity index (χ3v) is 6.14. The van der Waals surface area contributed by atoms with Crippen LogP contribution in [-0.2, 0) is 29.7 Å². The van der Waals surface area contributed by atoms with E-state index in [0.29, 0.717) is 10.2 Å². The summed E-state index contributed by atoms with van der Waals surface area (Å²) in [5.74, 6) is -0.428. The summed E-state index contributed by atoms with van der Waals surface area (Å²) < 4.78 is 8.24. The molecule has 0 saturated heterocycles. The monoisotopic (exact) mass is 470 g/mol. The number of carbonyl (C=O) groups excluding carboxylic acids is 1. The Balaban J connectivity index is 1.62. The number of nitrogens with zero attached hydrogens (tertiary/aromatic N) is 3. The fraction of sp³-hybridized carbons (Fsp3) is 0.182. The molecule has 2 aromatic carbocycles. The minimum Gasteiger partial charge on any atom is -0.460 e. The van der Waals surface area contributed by atoms with Gasteiger partial charge < -0.3 is 9.30 Å². The molecule has 0 fully saturated rings. The first-order chi connectivity index (χ1) is 15.4. The van der Waals surface area contributed by atoms with Gasteiger partial charge in [-0.05, 0) is 17.2 Å². The average Bonchev–Trinajstić information content (AvgIpc) is 3.16. The van der Waals surface area contributed by atoms with Gasteiger partial charge >= 0.3 is 11.7 Å². The number of nitrogens with one attached hydrogen (secondary N) is 1.